The molecule has 0 rings (SSSR count). The van der Waals surface area contributed by atoms with Crippen molar-refractivity contribution < 1.29 is 4.74 Å². The van der Waals surface area contributed by atoms with Gasteiger partial charge in [0, 0.05) is 13.2 Å². The van der Waals surface area contributed by atoms with Crippen LogP contribution in [0, 0.1) is 11.8 Å². The van der Waals surface area contributed by atoms with Crippen molar-refractivity contribution in [2.45, 2.75) is 33.6 Å². The average molecular weight is 216 g/mol. The molecular formula is C12H28N2O. The van der Waals surface area contributed by atoms with Crippen molar-refractivity contribution in [2.24, 2.45) is 17.6 Å². The van der Waals surface area contributed by atoms with Crippen molar-refractivity contribution in [3.63, 3.8) is 0 Å². The molecule has 1 atom stereocenters. The van der Waals surface area contributed by atoms with E-state index >= 15 is 0 Å². The van der Waals surface area contributed by atoms with Gasteiger partial charge in [-0.1, -0.05) is 27.2 Å². The zero-order valence-corrected chi connectivity index (χ0v) is 10.6. The molecule has 0 fully saturated rings. The molecule has 92 valence electrons. The van der Waals surface area contributed by atoms with Crippen molar-refractivity contribution in [1.82, 2.24) is 5.32 Å². The molecule has 0 aromatic heterocycles. The van der Waals surface area contributed by atoms with Crippen molar-refractivity contribution >= 4 is 0 Å². The summed E-state index contributed by atoms with van der Waals surface area (Å²) in [6.07, 6.45) is 2.37. The van der Waals surface area contributed by atoms with E-state index in [4.69, 9.17) is 10.5 Å². The summed E-state index contributed by atoms with van der Waals surface area (Å²) in [6, 6.07) is 0. The first-order chi connectivity index (χ1) is 7.22. The van der Waals surface area contributed by atoms with Gasteiger partial charge in [0.05, 0.1) is 6.61 Å². The maximum atomic E-state index is 5.68. The zero-order chi connectivity index (χ0) is 11.5. The van der Waals surface area contributed by atoms with Gasteiger partial charge in [-0.25, -0.2) is 0 Å². The lowest BCUT2D eigenvalue weighted by molar-refractivity contribution is 0.131. The van der Waals surface area contributed by atoms with Crippen LogP contribution in [0.25, 0.3) is 0 Å². The van der Waals surface area contributed by atoms with E-state index in [0.29, 0.717) is 11.8 Å². The van der Waals surface area contributed by atoms with E-state index in [2.05, 4.69) is 26.1 Å². The summed E-state index contributed by atoms with van der Waals surface area (Å²) in [7, 11) is 0. The Balaban J connectivity index is 3.22. The van der Waals surface area contributed by atoms with Gasteiger partial charge >= 0.3 is 0 Å². The number of hydrogen-bond donors (Lipinski definition) is 2. The second-order valence-corrected chi connectivity index (χ2v) is 4.41. The molecule has 0 aliphatic heterocycles. The van der Waals surface area contributed by atoms with Gasteiger partial charge in [-0.3, -0.25) is 0 Å². The van der Waals surface area contributed by atoms with Gasteiger partial charge in [0.2, 0.25) is 0 Å². The minimum atomic E-state index is 0.584. The van der Waals surface area contributed by atoms with Gasteiger partial charge in [-0.15, -0.1) is 0 Å². The number of unbranched alkanes of at least 4 members (excludes halogenated alkanes) is 1. The van der Waals surface area contributed by atoms with Crippen LogP contribution in [0.5, 0.6) is 0 Å². The van der Waals surface area contributed by atoms with Crippen LogP contribution < -0.4 is 11.1 Å². The lowest BCUT2D eigenvalue weighted by Gasteiger charge is -2.19. The summed E-state index contributed by atoms with van der Waals surface area (Å²) in [6.45, 7) is 11.0. The summed E-state index contributed by atoms with van der Waals surface area (Å²) in [5, 5.41) is 3.39. The highest BCUT2D eigenvalue weighted by Crippen LogP contribution is 2.06. The van der Waals surface area contributed by atoms with Crippen LogP contribution in [0.15, 0.2) is 0 Å². The van der Waals surface area contributed by atoms with E-state index in [1.165, 1.54) is 6.42 Å². The number of nitrogens with one attached hydrogen (secondary N) is 1. The Morgan fingerprint density at radius 2 is 2.00 bits per heavy atom. The molecule has 0 saturated heterocycles. The molecule has 3 heteroatoms. The molecule has 0 aromatic rings. The maximum Gasteiger partial charge on any atom is 0.0590 e. The Bertz CT molecular complexity index is 129. The largest absolute Gasteiger partial charge is 0.380 e. The van der Waals surface area contributed by atoms with E-state index in [0.717, 1.165) is 39.3 Å². The lowest BCUT2D eigenvalue weighted by atomic mass is 9.96. The number of nitrogens with two attached hydrogens (primary N) is 1. The van der Waals surface area contributed by atoms with E-state index < -0.39 is 0 Å². The van der Waals surface area contributed by atoms with Crippen LogP contribution in [0.2, 0.25) is 0 Å². The first-order valence-electron chi connectivity index (χ1n) is 6.20. The summed E-state index contributed by atoms with van der Waals surface area (Å²) in [5.41, 5.74) is 5.68. The second-order valence-electron chi connectivity index (χ2n) is 4.41. The molecule has 0 aliphatic rings. The predicted octanol–water partition coefficient (Wildman–Crippen LogP) is 1.62. The zero-order valence-electron chi connectivity index (χ0n) is 10.6. The fourth-order valence-electron chi connectivity index (χ4n) is 1.37. The van der Waals surface area contributed by atoms with Gasteiger partial charge < -0.3 is 15.8 Å². The maximum absolute atomic E-state index is 5.68. The standard InChI is InChI=1S/C12H28N2O/c1-4-5-7-15-8-6-14-10-12(9-13)11(2)3/h11-12,14H,4-10,13H2,1-3H3. The SMILES string of the molecule is CCCCOCCNCC(CN)C(C)C. The van der Waals surface area contributed by atoms with Crippen molar-refractivity contribution in [1.29, 1.82) is 0 Å². The fraction of sp³-hybridized carbons (Fsp3) is 1.00. The molecule has 0 aliphatic carbocycles. The van der Waals surface area contributed by atoms with Crippen LogP contribution in [-0.4, -0.2) is 32.8 Å². The number of hydrogen-bond acceptors (Lipinski definition) is 3. The molecule has 1 unspecified atom stereocenters. The fourth-order valence-corrected chi connectivity index (χ4v) is 1.37. The Morgan fingerprint density at radius 1 is 1.27 bits per heavy atom. The molecule has 3 nitrogen and oxygen atoms in total. The van der Waals surface area contributed by atoms with Gasteiger partial charge in [-0.05, 0) is 31.3 Å². The number of ether oxygens (including phenoxy) is 1. The predicted molar refractivity (Wildman–Crippen MR) is 66.0 cm³/mol. The third-order valence-electron chi connectivity index (χ3n) is 2.72. The van der Waals surface area contributed by atoms with Crippen molar-refractivity contribution in [2.75, 3.05) is 32.8 Å². The summed E-state index contributed by atoms with van der Waals surface area (Å²) >= 11 is 0. The molecule has 0 spiro atoms. The van der Waals surface area contributed by atoms with Crippen LogP contribution in [0.4, 0.5) is 0 Å². The molecule has 0 heterocycles. The molecule has 0 radical (unpaired) electrons. The topological polar surface area (TPSA) is 47.3 Å². The lowest BCUT2D eigenvalue weighted by Crippen LogP contribution is -2.33. The average Bonchev–Trinajstić information content (AvgIpc) is 2.21. The highest BCUT2D eigenvalue weighted by atomic mass is 16.5. The molecule has 0 amide bonds. The molecule has 3 N–H and O–H groups in total. The summed E-state index contributed by atoms with van der Waals surface area (Å²) < 4.78 is 5.46. The molecular weight excluding hydrogens is 188 g/mol. The van der Waals surface area contributed by atoms with E-state index in [1.54, 1.807) is 0 Å². The first-order valence-corrected chi connectivity index (χ1v) is 6.20. The van der Waals surface area contributed by atoms with Crippen LogP contribution in [-0.2, 0) is 4.74 Å². The monoisotopic (exact) mass is 216 g/mol. The van der Waals surface area contributed by atoms with Gasteiger partial charge in [-0.2, -0.15) is 0 Å². The van der Waals surface area contributed by atoms with Gasteiger partial charge in [0.1, 0.15) is 0 Å². The quantitative estimate of drug-likeness (QED) is 0.546. The smallest absolute Gasteiger partial charge is 0.0590 e. The van der Waals surface area contributed by atoms with E-state index in [1.807, 2.05) is 0 Å². The van der Waals surface area contributed by atoms with Gasteiger partial charge in [0.25, 0.3) is 0 Å². The summed E-state index contributed by atoms with van der Waals surface area (Å²) in [5.74, 6) is 1.24. The minimum absolute atomic E-state index is 0.584. The Kier molecular flexibility index (Phi) is 10.3. The van der Waals surface area contributed by atoms with Crippen LogP contribution in [0.3, 0.4) is 0 Å². The molecule has 15 heavy (non-hydrogen) atoms. The first kappa shape index (κ1) is 14.9. The highest BCUT2D eigenvalue weighted by Gasteiger charge is 2.09. The molecule has 0 aromatic carbocycles. The van der Waals surface area contributed by atoms with Crippen molar-refractivity contribution in [3.8, 4) is 0 Å². The second kappa shape index (κ2) is 10.4. The van der Waals surface area contributed by atoms with Crippen LogP contribution >= 0.6 is 0 Å². The minimum Gasteiger partial charge on any atom is -0.380 e. The normalized spacial score (nSPS) is 13.4. The Labute approximate surface area is 94.8 Å². The third kappa shape index (κ3) is 8.85. The van der Waals surface area contributed by atoms with Crippen molar-refractivity contribution in [3.05, 3.63) is 0 Å². The number of rotatable bonds is 10. The van der Waals surface area contributed by atoms with Gasteiger partial charge in [0.15, 0.2) is 0 Å². The van der Waals surface area contributed by atoms with E-state index in [-0.39, 0.29) is 0 Å². The Hall–Kier alpha value is -0.120. The van der Waals surface area contributed by atoms with E-state index in [9.17, 15) is 0 Å². The highest BCUT2D eigenvalue weighted by molar-refractivity contribution is 4.66. The molecule has 0 bridgehead atoms. The summed E-state index contributed by atoms with van der Waals surface area (Å²) in [4.78, 5) is 0. The molecule has 0 saturated carbocycles. The Morgan fingerprint density at radius 3 is 2.53 bits per heavy atom. The van der Waals surface area contributed by atoms with Crippen LogP contribution in [0.1, 0.15) is 33.6 Å². The third-order valence-corrected chi connectivity index (χ3v) is 2.72.